The van der Waals surface area contributed by atoms with Crippen molar-refractivity contribution in [2.75, 3.05) is 17.7 Å². The van der Waals surface area contributed by atoms with Crippen molar-refractivity contribution in [1.29, 1.82) is 0 Å². The molecule has 1 aromatic rings. The van der Waals surface area contributed by atoms with Crippen LogP contribution in [0.4, 0.5) is 11.4 Å². The minimum atomic E-state index is -0.192. The maximum atomic E-state index is 10.9. The minimum Gasteiger partial charge on any atom is -0.386 e. The van der Waals surface area contributed by atoms with Gasteiger partial charge in [-0.1, -0.05) is 37.3 Å². The lowest BCUT2D eigenvalue weighted by atomic mass is 9.75. The molecule has 2 N–H and O–H groups in total. The van der Waals surface area contributed by atoms with Crippen LogP contribution >= 0.6 is 0 Å². The van der Waals surface area contributed by atoms with Crippen LogP contribution in [0, 0.1) is 0 Å². The van der Waals surface area contributed by atoms with Gasteiger partial charge in [0.15, 0.2) is 0 Å². The number of aldehydes is 2. The standard InChI is InChI=1S/C19H24N2O2/c1-14(9-12-22)21-18-16(5-4-6-17(18)20-3)19(2)10-7-15(13-23)8-11-19/h4-8,10,12-14,20-21H,9,11H2,1-3H3/t14-,19?/m1/s1. The Hall–Kier alpha value is -2.36. The molecule has 0 amide bonds. The van der Waals surface area contributed by atoms with Gasteiger partial charge in [0.1, 0.15) is 12.6 Å². The molecule has 2 rings (SSSR count). The number of carbonyl (C=O) groups excluding carboxylic acids is 2. The molecule has 122 valence electrons. The SMILES string of the molecule is CNc1cccc(C2(C)C=CC(C=O)=CC2)c1N[C@H](C)CC=O. The van der Waals surface area contributed by atoms with E-state index < -0.39 is 0 Å². The van der Waals surface area contributed by atoms with E-state index in [1.807, 2.05) is 38.3 Å². The molecule has 2 atom stereocenters. The molecule has 1 aromatic carbocycles. The highest BCUT2D eigenvalue weighted by Gasteiger charge is 2.29. The molecule has 0 heterocycles. The van der Waals surface area contributed by atoms with E-state index in [2.05, 4.69) is 29.7 Å². The number of para-hydroxylation sites is 1. The van der Waals surface area contributed by atoms with Crippen LogP contribution in [0.1, 0.15) is 32.3 Å². The van der Waals surface area contributed by atoms with Crippen molar-refractivity contribution in [2.24, 2.45) is 0 Å². The average molecular weight is 312 g/mol. The summed E-state index contributed by atoms with van der Waals surface area (Å²) in [6.07, 6.45) is 8.96. The largest absolute Gasteiger partial charge is 0.386 e. The fraction of sp³-hybridized carbons (Fsp3) is 0.368. The van der Waals surface area contributed by atoms with E-state index in [9.17, 15) is 9.59 Å². The van der Waals surface area contributed by atoms with Crippen molar-refractivity contribution in [2.45, 2.75) is 38.1 Å². The van der Waals surface area contributed by atoms with E-state index in [4.69, 9.17) is 0 Å². The van der Waals surface area contributed by atoms with Gasteiger partial charge in [-0.2, -0.15) is 0 Å². The molecule has 0 aromatic heterocycles. The van der Waals surface area contributed by atoms with E-state index in [0.717, 1.165) is 41.5 Å². The summed E-state index contributed by atoms with van der Waals surface area (Å²) in [6, 6.07) is 6.19. The smallest absolute Gasteiger partial charge is 0.149 e. The Bertz CT molecular complexity index is 649. The molecular weight excluding hydrogens is 288 g/mol. The van der Waals surface area contributed by atoms with Crippen LogP contribution in [-0.4, -0.2) is 25.7 Å². The van der Waals surface area contributed by atoms with Crippen LogP contribution in [0.2, 0.25) is 0 Å². The monoisotopic (exact) mass is 312 g/mol. The van der Waals surface area contributed by atoms with Crippen LogP contribution in [0.5, 0.6) is 0 Å². The van der Waals surface area contributed by atoms with Gasteiger partial charge in [-0.3, -0.25) is 4.79 Å². The lowest BCUT2D eigenvalue weighted by Gasteiger charge is -2.32. The fourth-order valence-electron chi connectivity index (χ4n) is 2.87. The number of benzene rings is 1. The normalized spacial score (nSPS) is 21.3. The van der Waals surface area contributed by atoms with E-state index in [0.29, 0.717) is 6.42 Å². The molecule has 23 heavy (non-hydrogen) atoms. The molecule has 1 aliphatic rings. The summed E-state index contributed by atoms with van der Waals surface area (Å²) in [5.74, 6) is 0. The van der Waals surface area contributed by atoms with Gasteiger partial charge in [0, 0.05) is 30.5 Å². The highest BCUT2D eigenvalue weighted by molar-refractivity contribution is 5.79. The third-order valence-electron chi connectivity index (χ3n) is 4.33. The number of allylic oxidation sites excluding steroid dienone is 4. The summed E-state index contributed by atoms with van der Waals surface area (Å²) < 4.78 is 0. The van der Waals surface area contributed by atoms with E-state index in [1.54, 1.807) is 0 Å². The van der Waals surface area contributed by atoms with Gasteiger partial charge >= 0.3 is 0 Å². The summed E-state index contributed by atoms with van der Waals surface area (Å²) in [5.41, 5.74) is 3.69. The van der Waals surface area contributed by atoms with Crippen molar-refractivity contribution in [1.82, 2.24) is 0 Å². The molecule has 1 unspecified atom stereocenters. The first-order chi connectivity index (χ1) is 11.0. The first-order valence-electron chi connectivity index (χ1n) is 7.90. The Morgan fingerprint density at radius 1 is 1.35 bits per heavy atom. The Kier molecular flexibility index (Phi) is 5.37. The third kappa shape index (κ3) is 3.70. The van der Waals surface area contributed by atoms with Crippen LogP contribution < -0.4 is 10.6 Å². The molecule has 4 nitrogen and oxygen atoms in total. The van der Waals surface area contributed by atoms with Crippen molar-refractivity contribution in [3.05, 3.63) is 47.6 Å². The number of nitrogens with one attached hydrogen (secondary N) is 2. The second-order valence-corrected chi connectivity index (χ2v) is 6.20. The summed E-state index contributed by atoms with van der Waals surface area (Å²) in [7, 11) is 1.89. The molecule has 0 bridgehead atoms. The van der Waals surface area contributed by atoms with Gasteiger partial charge in [-0.15, -0.1) is 0 Å². The lowest BCUT2D eigenvalue weighted by molar-refractivity contribution is -0.108. The summed E-state index contributed by atoms with van der Waals surface area (Å²) in [6.45, 7) is 4.15. The number of carbonyl (C=O) groups is 2. The molecule has 0 fully saturated rings. The van der Waals surface area contributed by atoms with Gasteiger partial charge in [0.05, 0.1) is 11.4 Å². The van der Waals surface area contributed by atoms with Gasteiger partial charge < -0.3 is 15.4 Å². The molecule has 4 heteroatoms. The Labute approximate surface area is 137 Å². The second-order valence-electron chi connectivity index (χ2n) is 6.20. The average Bonchev–Trinajstić information content (AvgIpc) is 2.56. The quantitative estimate of drug-likeness (QED) is 0.757. The molecule has 0 radical (unpaired) electrons. The maximum Gasteiger partial charge on any atom is 0.149 e. The topological polar surface area (TPSA) is 58.2 Å². The van der Waals surface area contributed by atoms with E-state index >= 15 is 0 Å². The first-order valence-corrected chi connectivity index (χ1v) is 7.90. The zero-order valence-electron chi connectivity index (χ0n) is 13.9. The van der Waals surface area contributed by atoms with Crippen molar-refractivity contribution in [3.8, 4) is 0 Å². The number of rotatable bonds is 7. The fourth-order valence-corrected chi connectivity index (χ4v) is 2.87. The zero-order chi connectivity index (χ0) is 16.9. The maximum absolute atomic E-state index is 10.9. The molecular formula is C19H24N2O2. The molecule has 0 saturated heterocycles. The third-order valence-corrected chi connectivity index (χ3v) is 4.33. The van der Waals surface area contributed by atoms with Gasteiger partial charge in [0.2, 0.25) is 0 Å². The van der Waals surface area contributed by atoms with Gasteiger partial charge in [-0.25, -0.2) is 0 Å². The highest BCUT2D eigenvalue weighted by atomic mass is 16.1. The predicted octanol–water partition coefficient (Wildman–Crippen LogP) is 3.46. The molecule has 0 spiro atoms. The number of hydrogen-bond acceptors (Lipinski definition) is 4. The van der Waals surface area contributed by atoms with Crippen LogP contribution in [0.15, 0.2) is 42.0 Å². The van der Waals surface area contributed by atoms with Crippen LogP contribution in [-0.2, 0) is 15.0 Å². The Morgan fingerprint density at radius 3 is 2.70 bits per heavy atom. The summed E-state index contributed by atoms with van der Waals surface area (Å²) in [5, 5.41) is 6.67. The van der Waals surface area contributed by atoms with Gasteiger partial charge in [0.25, 0.3) is 0 Å². The number of hydrogen-bond donors (Lipinski definition) is 2. The predicted molar refractivity (Wildman–Crippen MR) is 95.0 cm³/mol. The zero-order valence-corrected chi connectivity index (χ0v) is 13.9. The Morgan fingerprint density at radius 2 is 2.13 bits per heavy atom. The first kappa shape index (κ1) is 17.0. The summed E-state index contributed by atoms with van der Waals surface area (Å²) in [4.78, 5) is 21.7. The van der Waals surface area contributed by atoms with Crippen molar-refractivity contribution in [3.63, 3.8) is 0 Å². The van der Waals surface area contributed by atoms with Gasteiger partial charge in [-0.05, 0) is 25.0 Å². The molecule has 1 aliphatic carbocycles. The minimum absolute atomic E-state index is 0.0537. The van der Waals surface area contributed by atoms with E-state index in [-0.39, 0.29) is 11.5 Å². The van der Waals surface area contributed by atoms with Crippen LogP contribution in [0.3, 0.4) is 0 Å². The van der Waals surface area contributed by atoms with E-state index in [1.165, 1.54) is 0 Å². The van der Waals surface area contributed by atoms with Crippen molar-refractivity contribution < 1.29 is 9.59 Å². The number of anilines is 2. The second kappa shape index (κ2) is 7.27. The molecule has 0 saturated carbocycles. The van der Waals surface area contributed by atoms with Crippen molar-refractivity contribution >= 4 is 23.9 Å². The Balaban J connectivity index is 2.42. The lowest BCUT2D eigenvalue weighted by Crippen LogP contribution is -2.25. The highest BCUT2D eigenvalue weighted by Crippen LogP contribution is 2.41. The summed E-state index contributed by atoms with van der Waals surface area (Å²) >= 11 is 0. The molecule has 0 aliphatic heterocycles. The van der Waals surface area contributed by atoms with Crippen LogP contribution in [0.25, 0.3) is 0 Å².